The van der Waals surface area contributed by atoms with E-state index >= 15 is 0 Å². The number of hydrogen-bond acceptors (Lipinski definition) is 2. The van der Waals surface area contributed by atoms with Gasteiger partial charge in [0.1, 0.15) is 0 Å². The van der Waals surface area contributed by atoms with Crippen molar-refractivity contribution >= 4 is 27.3 Å². The second-order valence-corrected chi connectivity index (χ2v) is 3.95. The molecule has 1 atom stereocenters. The van der Waals surface area contributed by atoms with E-state index in [0.717, 1.165) is 9.35 Å². The van der Waals surface area contributed by atoms with Crippen molar-refractivity contribution in [1.29, 1.82) is 0 Å². The van der Waals surface area contributed by atoms with Gasteiger partial charge in [-0.3, -0.25) is 0 Å². The van der Waals surface area contributed by atoms with Crippen molar-refractivity contribution in [3.8, 4) is 12.3 Å². The predicted octanol–water partition coefficient (Wildman–Crippen LogP) is 2.53. The number of hydrogen-bond donors (Lipinski definition) is 1. The van der Waals surface area contributed by atoms with E-state index in [0.29, 0.717) is 6.42 Å². The molecule has 0 fully saturated rings. The normalized spacial score (nSPS) is 12.5. The van der Waals surface area contributed by atoms with Gasteiger partial charge in [-0.1, -0.05) is 0 Å². The summed E-state index contributed by atoms with van der Waals surface area (Å²) >= 11 is 5.03. The van der Waals surface area contributed by atoms with Crippen LogP contribution in [-0.4, -0.2) is 0 Å². The Bertz CT molecular complexity index is 274. The van der Waals surface area contributed by atoms with Crippen molar-refractivity contribution in [1.82, 2.24) is 0 Å². The zero-order valence-corrected chi connectivity index (χ0v) is 8.28. The molecule has 58 valence electrons. The van der Waals surface area contributed by atoms with Gasteiger partial charge in [-0.25, -0.2) is 0 Å². The first-order valence-corrected chi connectivity index (χ1v) is 4.85. The van der Waals surface area contributed by atoms with Crippen LogP contribution in [0.2, 0.25) is 0 Å². The number of nitrogens with two attached hydrogens (primary N) is 1. The van der Waals surface area contributed by atoms with Crippen LogP contribution in [0.4, 0.5) is 0 Å². The summed E-state index contributed by atoms with van der Waals surface area (Å²) in [6.45, 7) is 0. The van der Waals surface area contributed by atoms with Crippen LogP contribution in [0.25, 0.3) is 0 Å². The van der Waals surface area contributed by atoms with Gasteiger partial charge >= 0.3 is 0 Å². The summed E-state index contributed by atoms with van der Waals surface area (Å²) in [5.41, 5.74) is 5.79. The fraction of sp³-hybridized carbons (Fsp3) is 0.250. The molecule has 0 radical (unpaired) electrons. The van der Waals surface area contributed by atoms with Gasteiger partial charge in [0.25, 0.3) is 0 Å². The summed E-state index contributed by atoms with van der Waals surface area (Å²) in [5, 5.41) is 2.00. The Morgan fingerprint density at radius 1 is 1.82 bits per heavy atom. The molecule has 1 heterocycles. The third-order valence-electron chi connectivity index (χ3n) is 1.32. The van der Waals surface area contributed by atoms with Gasteiger partial charge in [0.2, 0.25) is 0 Å². The largest absolute Gasteiger partial charge is 0.322 e. The zero-order chi connectivity index (χ0) is 8.27. The Morgan fingerprint density at radius 2 is 2.55 bits per heavy atom. The quantitative estimate of drug-likeness (QED) is 0.776. The van der Waals surface area contributed by atoms with Crippen LogP contribution in [0.15, 0.2) is 15.9 Å². The average Bonchev–Trinajstić information content (AvgIpc) is 2.36. The molecule has 1 aromatic heterocycles. The van der Waals surface area contributed by atoms with E-state index in [4.69, 9.17) is 12.2 Å². The molecular weight excluding hydrogens is 222 g/mol. The van der Waals surface area contributed by atoms with Crippen LogP contribution in [0.3, 0.4) is 0 Å². The molecule has 11 heavy (non-hydrogen) atoms. The maximum absolute atomic E-state index is 5.79. The highest BCUT2D eigenvalue weighted by Gasteiger charge is 2.08. The van der Waals surface area contributed by atoms with Crippen LogP contribution in [0, 0.1) is 12.3 Å². The smallest absolute Gasteiger partial charge is 0.0511 e. The Labute approximate surface area is 78.7 Å². The lowest BCUT2D eigenvalue weighted by atomic mass is 10.2. The standard InChI is InChI=1S/C8H8BrNS/c1-2-3-7(10)8-6(9)4-5-11-8/h1,4-5,7H,3,10H2. The minimum atomic E-state index is -0.0191. The van der Waals surface area contributed by atoms with E-state index in [-0.39, 0.29) is 6.04 Å². The molecule has 0 aliphatic rings. The first-order valence-electron chi connectivity index (χ1n) is 3.17. The van der Waals surface area contributed by atoms with E-state index in [2.05, 4.69) is 21.9 Å². The van der Waals surface area contributed by atoms with Gasteiger partial charge in [0, 0.05) is 15.8 Å². The number of thiophene rings is 1. The third kappa shape index (κ3) is 2.06. The van der Waals surface area contributed by atoms with Crippen LogP contribution in [0.5, 0.6) is 0 Å². The Morgan fingerprint density at radius 3 is 3.00 bits per heavy atom. The Balaban J connectivity index is 2.77. The van der Waals surface area contributed by atoms with E-state index < -0.39 is 0 Å². The molecule has 3 heteroatoms. The monoisotopic (exact) mass is 229 g/mol. The maximum atomic E-state index is 5.79. The summed E-state index contributed by atoms with van der Waals surface area (Å²) in [7, 11) is 0. The minimum absolute atomic E-state index is 0.0191. The molecule has 1 rings (SSSR count). The first-order chi connectivity index (χ1) is 5.25. The fourth-order valence-electron chi connectivity index (χ4n) is 0.790. The average molecular weight is 230 g/mol. The topological polar surface area (TPSA) is 26.0 Å². The van der Waals surface area contributed by atoms with Gasteiger partial charge in [-0.15, -0.1) is 23.7 Å². The third-order valence-corrected chi connectivity index (χ3v) is 3.32. The molecule has 1 nitrogen and oxygen atoms in total. The van der Waals surface area contributed by atoms with Gasteiger partial charge in [-0.2, -0.15) is 0 Å². The lowest BCUT2D eigenvalue weighted by Crippen LogP contribution is -2.07. The Kier molecular flexibility index (Phi) is 3.13. The lowest BCUT2D eigenvalue weighted by molar-refractivity contribution is 0.768. The van der Waals surface area contributed by atoms with Crippen molar-refractivity contribution in [2.75, 3.05) is 0 Å². The molecule has 0 aliphatic carbocycles. The lowest BCUT2D eigenvalue weighted by Gasteiger charge is -2.04. The van der Waals surface area contributed by atoms with E-state index in [1.54, 1.807) is 11.3 Å². The predicted molar refractivity (Wildman–Crippen MR) is 52.4 cm³/mol. The summed E-state index contributed by atoms with van der Waals surface area (Å²) in [6.07, 6.45) is 5.74. The summed E-state index contributed by atoms with van der Waals surface area (Å²) in [5.74, 6) is 2.54. The van der Waals surface area contributed by atoms with Crippen molar-refractivity contribution in [2.24, 2.45) is 5.73 Å². The molecule has 1 unspecified atom stereocenters. The number of rotatable bonds is 2. The van der Waals surface area contributed by atoms with Crippen LogP contribution in [-0.2, 0) is 0 Å². The maximum Gasteiger partial charge on any atom is 0.0511 e. The molecule has 0 spiro atoms. The zero-order valence-electron chi connectivity index (χ0n) is 5.88. The van der Waals surface area contributed by atoms with Gasteiger partial charge in [0.05, 0.1) is 6.04 Å². The van der Waals surface area contributed by atoms with Gasteiger partial charge in [0.15, 0.2) is 0 Å². The highest BCUT2D eigenvalue weighted by atomic mass is 79.9. The molecule has 0 aromatic carbocycles. The van der Waals surface area contributed by atoms with Crippen molar-refractivity contribution in [2.45, 2.75) is 12.5 Å². The van der Waals surface area contributed by atoms with Crippen LogP contribution >= 0.6 is 27.3 Å². The van der Waals surface area contributed by atoms with Gasteiger partial charge < -0.3 is 5.73 Å². The first kappa shape index (κ1) is 8.79. The summed E-state index contributed by atoms with van der Waals surface area (Å²) < 4.78 is 1.06. The molecule has 0 aliphatic heterocycles. The highest BCUT2D eigenvalue weighted by Crippen LogP contribution is 2.28. The molecule has 2 N–H and O–H groups in total. The molecular formula is C8H8BrNS. The van der Waals surface area contributed by atoms with Crippen LogP contribution in [0.1, 0.15) is 17.3 Å². The van der Waals surface area contributed by atoms with E-state index in [1.807, 2.05) is 11.4 Å². The van der Waals surface area contributed by atoms with E-state index in [9.17, 15) is 0 Å². The van der Waals surface area contributed by atoms with Gasteiger partial charge in [-0.05, 0) is 27.4 Å². The molecule has 0 amide bonds. The molecule has 0 saturated carbocycles. The van der Waals surface area contributed by atoms with Crippen molar-refractivity contribution < 1.29 is 0 Å². The molecule has 0 bridgehead atoms. The number of halogens is 1. The SMILES string of the molecule is C#CCC(N)c1sccc1Br. The summed E-state index contributed by atoms with van der Waals surface area (Å²) in [6, 6.07) is 1.96. The summed E-state index contributed by atoms with van der Waals surface area (Å²) in [4.78, 5) is 1.13. The van der Waals surface area contributed by atoms with Crippen LogP contribution < -0.4 is 5.73 Å². The Hall–Kier alpha value is -0.300. The fourth-order valence-corrected chi connectivity index (χ4v) is 2.46. The number of terminal acetylenes is 1. The highest BCUT2D eigenvalue weighted by molar-refractivity contribution is 9.10. The van der Waals surface area contributed by atoms with E-state index in [1.165, 1.54) is 0 Å². The van der Waals surface area contributed by atoms with Crippen molar-refractivity contribution in [3.05, 3.63) is 20.8 Å². The molecule has 0 saturated heterocycles. The second-order valence-electron chi connectivity index (χ2n) is 2.15. The minimum Gasteiger partial charge on any atom is -0.322 e. The second kappa shape index (κ2) is 3.91. The van der Waals surface area contributed by atoms with Crippen molar-refractivity contribution in [3.63, 3.8) is 0 Å². The molecule has 1 aromatic rings.